The van der Waals surface area contributed by atoms with Crippen molar-refractivity contribution in [1.29, 1.82) is 0 Å². The summed E-state index contributed by atoms with van der Waals surface area (Å²) in [6.07, 6.45) is 5.07. The van der Waals surface area contributed by atoms with Gasteiger partial charge in [-0.05, 0) is 44.7 Å². The van der Waals surface area contributed by atoms with Crippen LogP contribution in [0.2, 0.25) is 0 Å². The van der Waals surface area contributed by atoms with E-state index in [0.717, 1.165) is 32.2 Å². The van der Waals surface area contributed by atoms with E-state index in [9.17, 15) is 8.42 Å². The zero-order valence-electron chi connectivity index (χ0n) is 12.9. The molecule has 0 aliphatic rings. The van der Waals surface area contributed by atoms with E-state index in [0.29, 0.717) is 11.8 Å². The van der Waals surface area contributed by atoms with Gasteiger partial charge in [0, 0.05) is 18.1 Å². The fourth-order valence-electron chi connectivity index (χ4n) is 2.32. The lowest BCUT2D eigenvalue weighted by molar-refractivity contribution is 0.459. The largest absolute Gasteiger partial charge is 0.314 e. The summed E-state index contributed by atoms with van der Waals surface area (Å²) >= 11 is 0. The standard InChI is InChI=1S/C16H27NO2S/c1-4-17-16(6-5-13-20(3,18)19)12-11-15-9-7-14(2)8-10-15/h7-10,16-17H,4-6,11-13H2,1-3H3. The number of aryl methyl sites for hydroxylation is 2. The van der Waals surface area contributed by atoms with Crippen LogP contribution in [0, 0.1) is 6.92 Å². The van der Waals surface area contributed by atoms with E-state index >= 15 is 0 Å². The molecule has 1 aromatic carbocycles. The second-order valence-electron chi connectivity index (χ2n) is 5.55. The summed E-state index contributed by atoms with van der Waals surface area (Å²) in [7, 11) is -2.83. The summed E-state index contributed by atoms with van der Waals surface area (Å²) in [4.78, 5) is 0. The van der Waals surface area contributed by atoms with E-state index in [1.807, 2.05) is 0 Å². The first kappa shape index (κ1) is 17.2. The van der Waals surface area contributed by atoms with Crippen molar-refractivity contribution in [3.63, 3.8) is 0 Å². The Bertz CT molecular complexity index is 480. The molecule has 0 bridgehead atoms. The van der Waals surface area contributed by atoms with Crippen molar-refractivity contribution in [3.8, 4) is 0 Å². The zero-order valence-corrected chi connectivity index (χ0v) is 13.7. The van der Waals surface area contributed by atoms with Crippen molar-refractivity contribution in [2.24, 2.45) is 0 Å². The van der Waals surface area contributed by atoms with Gasteiger partial charge < -0.3 is 5.32 Å². The summed E-state index contributed by atoms with van der Waals surface area (Å²) in [6.45, 7) is 5.11. The van der Waals surface area contributed by atoms with Crippen molar-refractivity contribution in [1.82, 2.24) is 5.32 Å². The van der Waals surface area contributed by atoms with Gasteiger partial charge in [-0.15, -0.1) is 0 Å². The quantitative estimate of drug-likeness (QED) is 0.762. The van der Waals surface area contributed by atoms with E-state index in [-0.39, 0.29) is 0 Å². The van der Waals surface area contributed by atoms with Crippen LogP contribution >= 0.6 is 0 Å². The first-order chi connectivity index (χ1) is 9.40. The minimum atomic E-state index is -2.83. The number of rotatable bonds is 9. The minimum absolute atomic E-state index is 0.291. The molecule has 0 amide bonds. The molecule has 0 aromatic heterocycles. The first-order valence-electron chi connectivity index (χ1n) is 7.37. The third kappa shape index (κ3) is 7.65. The van der Waals surface area contributed by atoms with Crippen molar-refractivity contribution >= 4 is 9.84 Å². The third-order valence-electron chi connectivity index (χ3n) is 3.46. The molecule has 4 heteroatoms. The second kappa shape index (κ2) is 8.42. The maximum Gasteiger partial charge on any atom is 0.147 e. The van der Waals surface area contributed by atoms with Gasteiger partial charge in [0.25, 0.3) is 0 Å². The van der Waals surface area contributed by atoms with Gasteiger partial charge in [0.15, 0.2) is 0 Å². The average Bonchev–Trinajstić information content (AvgIpc) is 2.36. The molecule has 0 aliphatic heterocycles. The smallest absolute Gasteiger partial charge is 0.147 e. The number of hydrogen-bond acceptors (Lipinski definition) is 3. The summed E-state index contributed by atoms with van der Waals surface area (Å²) in [5.74, 6) is 0.291. The van der Waals surface area contributed by atoms with Crippen LogP contribution in [-0.4, -0.2) is 33.0 Å². The Morgan fingerprint density at radius 3 is 2.35 bits per heavy atom. The molecule has 0 aliphatic carbocycles. The monoisotopic (exact) mass is 297 g/mol. The van der Waals surface area contributed by atoms with E-state index in [1.165, 1.54) is 17.4 Å². The van der Waals surface area contributed by atoms with Crippen LogP contribution in [0.5, 0.6) is 0 Å². The van der Waals surface area contributed by atoms with E-state index in [1.54, 1.807) is 0 Å². The van der Waals surface area contributed by atoms with Gasteiger partial charge >= 0.3 is 0 Å². The zero-order chi connectivity index (χ0) is 15.0. The average molecular weight is 297 g/mol. The van der Waals surface area contributed by atoms with Crippen molar-refractivity contribution in [2.45, 2.75) is 45.6 Å². The Morgan fingerprint density at radius 1 is 1.15 bits per heavy atom. The summed E-state index contributed by atoms with van der Waals surface area (Å²) in [5, 5.41) is 3.46. The van der Waals surface area contributed by atoms with Crippen molar-refractivity contribution < 1.29 is 8.42 Å². The Balaban J connectivity index is 2.40. The first-order valence-corrected chi connectivity index (χ1v) is 9.43. The molecular formula is C16H27NO2S. The molecule has 0 saturated heterocycles. The van der Waals surface area contributed by atoms with Crippen LogP contribution in [0.25, 0.3) is 0 Å². The minimum Gasteiger partial charge on any atom is -0.314 e. The Morgan fingerprint density at radius 2 is 1.80 bits per heavy atom. The van der Waals surface area contributed by atoms with Crippen LogP contribution in [0.4, 0.5) is 0 Å². The van der Waals surface area contributed by atoms with Gasteiger partial charge in [-0.3, -0.25) is 0 Å². The number of sulfone groups is 1. The molecule has 1 rings (SSSR count). The Labute approximate surface area is 123 Å². The molecule has 1 N–H and O–H groups in total. The molecule has 1 unspecified atom stereocenters. The molecule has 0 saturated carbocycles. The highest BCUT2D eigenvalue weighted by Crippen LogP contribution is 2.11. The van der Waals surface area contributed by atoms with Crippen molar-refractivity contribution in [2.75, 3.05) is 18.6 Å². The number of benzene rings is 1. The molecule has 0 fully saturated rings. The van der Waals surface area contributed by atoms with Crippen LogP contribution in [-0.2, 0) is 16.3 Å². The van der Waals surface area contributed by atoms with Gasteiger partial charge in [-0.1, -0.05) is 36.8 Å². The lowest BCUT2D eigenvalue weighted by Crippen LogP contribution is -2.29. The summed E-state index contributed by atoms with van der Waals surface area (Å²) < 4.78 is 22.3. The third-order valence-corrected chi connectivity index (χ3v) is 4.49. The summed E-state index contributed by atoms with van der Waals surface area (Å²) in [6, 6.07) is 9.04. The molecule has 114 valence electrons. The molecule has 20 heavy (non-hydrogen) atoms. The lowest BCUT2D eigenvalue weighted by atomic mass is 10.0. The fourth-order valence-corrected chi connectivity index (χ4v) is 3.02. The van der Waals surface area contributed by atoms with Gasteiger partial charge in [0.1, 0.15) is 9.84 Å². The molecule has 1 atom stereocenters. The normalized spacial score (nSPS) is 13.3. The Hall–Kier alpha value is -0.870. The van der Waals surface area contributed by atoms with E-state index in [4.69, 9.17) is 0 Å². The summed E-state index contributed by atoms with van der Waals surface area (Å²) in [5.41, 5.74) is 2.63. The van der Waals surface area contributed by atoms with Crippen molar-refractivity contribution in [3.05, 3.63) is 35.4 Å². The van der Waals surface area contributed by atoms with Crippen LogP contribution in [0.15, 0.2) is 24.3 Å². The Kier molecular flexibility index (Phi) is 7.24. The van der Waals surface area contributed by atoms with Crippen LogP contribution < -0.4 is 5.32 Å². The van der Waals surface area contributed by atoms with Gasteiger partial charge in [0.2, 0.25) is 0 Å². The number of nitrogens with one attached hydrogen (secondary N) is 1. The maximum absolute atomic E-state index is 11.2. The predicted octanol–water partition coefficient (Wildman–Crippen LogP) is 2.73. The molecule has 0 spiro atoms. The number of hydrogen-bond donors (Lipinski definition) is 1. The lowest BCUT2D eigenvalue weighted by Gasteiger charge is -2.17. The van der Waals surface area contributed by atoms with Crippen LogP contribution in [0.3, 0.4) is 0 Å². The molecule has 3 nitrogen and oxygen atoms in total. The van der Waals surface area contributed by atoms with E-state index < -0.39 is 9.84 Å². The predicted molar refractivity (Wildman–Crippen MR) is 85.9 cm³/mol. The maximum atomic E-state index is 11.2. The van der Waals surface area contributed by atoms with Gasteiger partial charge in [-0.2, -0.15) is 0 Å². The highest BCUT2D eigenvalue weighted by atomic mass is 32.2. The SMILES string of the molecule is CCNC(CCCS(C)(=O)=O)CCc1ccc(C)cc1. The highest BCUT2D eigenvalue weighted by Gasteiger charge is 2.09. The van der Waals surface area contributed by atoms with Gasteiger partial charge in [0.05, 0.1) is 0 Å². The second-order valence-corrected chi connectivity index (χ2v) is 7.81. The highest BCUT2D eigenvalue weighted by molar-refractivity contribution is 7.90. The van der Waals surface area contributed by atoms with Gasteiger partial charge in [-0.25, -0.2) is 8.42 Å². The molecule has 0 heterocycles. The topological polar surface area (TPSA) is 46.2 Å². The molecular weight excluding hydrogens is 270 g/mol. The van der Waals surface area contributed by atoms with Crippen LogP contribution in [0.1, 0.15) is 37.3 Å². The fraction of sp³-hybridized carbons (Fsp3) is 0.625. The molecule has 1 aromatic rings. The molecule has 0 radical (unpaired) electrons. The van der Waals surface area contributed by atoms with E-state index in [2.05, 4.69) is 43.4 Å².